The van der Waals surface area contributed by atoms with Crippen LogP contribution < -0.4 is 10.5 Å². The van der Waals surface area contributed by atoms with Crippen molar-refractivity contribution in [1.82, 2.24) is 9.55 Å². The third-order valence-corrected chi connectivity index (χ3v) is 3.33. The van der Waals surface area contributed by atoms with E-state index in [2.05, 4.69) is 4.98 Å². The fourth-order valence-corrected chi connectivity index (χ4v) is 2.28. The molecule has 3 rings (SSSR count). The monoisotopic (exact) mass is 271 g/mol. The minimum Gasteiger partial charge on any atom is -0.495 e. The first kappa shape index (κ1) is 12.5. The summed E-state index contributed by atoms with van der Waals surface area (Å²) in [5, 5.41) is 0. The summed E-state index contributed by atoms with van der Waals surface area (Å²) < 4.78 is 20.4. The molecular formula is C15H14FN3O. The number of anilines is 1. The summed E-state index contributed by atoms with van der Waals surface area (Å²) in [5.74, 6) is 1.04. The Labute approximate surface area is 115 Å². The Bertz CT molecular complexity index is 795. The average Bonchev–Trinajstić information content (AvgIpc) is 2.76. The van der Waals surface area contributed by atoms with E-state index in [-0.39, 0.29) is 5.82 Å². The lowest BCUT2D eigenvalue weighted by Gasteiger charge is -2.07. The second-order valence-corrected chi connectivity index (χ2v) is 4.58. The van der Waals surface area contributed by atoms with Crippen molar-refractivity contribution < 1.29 is 9.13 Å². The largest absolute Gasteiger partial charge is 0.495 e. The maximum absolute atomic E-state index is 13.3. The Morgan fingerprint density at radius 3 is 2.75 bits per heavy atom. The molecule has 20 heavy (non-hydrogen) atoms. The van der Waals surface area contributed by atoms with Gasteiger partial charge in [-0.25, -0.2) is 9.37 Å². The summed E-state index contributed by atoms with van der Waals surface area (Å²) in [4.78, 5) is 4.47. The fraction of sp³-hybridized carbons (Fsp3) is 0.133. The molecule has 0 radical (unpaired) electrons. The molecule has 0 saturated heterocycles. The van der Waals surface area contributed by atoms with E-state index < -0.39 is 0 Å². The summed E-state index contributed by atoms with van der Waals surface area (Å²) in [6, 6.07) is 10.0. The molecule has 0 fully saturated rings. The van der Waals surface area contributed by atoms with Crippen molar-refractivity contribution in [1.29, 1.82) is 0 Å². The molecule has 3 aromatic rings. The van der Waals surface area contributed by atoms with Gasteiger partial charge in [0.2, 0.25) is 0 Å². The van der Waals surface area contributed by atoms with Crippen molar-refractivity contribution in [2.24, 2.45) is 7.05 Å². The summed E-state index contributed by atoms with van der Waals surface area (Å²) in [7, 11) is 3.46. The fourth-order valence-electron chi connectivity index (χ4n) is 2.28. The van der Waals surface area contributed by atoms with E-state index in [1.807, 2.05) is 23.7 Å². The van der Waals surface area contributed by atoms with Crippen molar-refractivity contribution in [3.8, 4) is 17.1 Å². The average molecular weight is 271 g/mol. The van der Waals surface area contributed by atoms with E-state index in [0.717, 1.165) is 16.9 Å². The van der Waals surface area contributed by atoms with Gasteiger partial charge in [-0.3, -0.25) is 0 Å². The summed E-state index contributed by atoms with van der Waals surface area (Å²) in [5.41, 5.74) is 8.75. The zero-order chi connectivity index (χ0) is 14.3. The van der Waals surface area contributed by atoms with Gasteiger partial charge in [-0.15, -0.1) is 0 Å². The molecule has 2 N–H and O–H groups in total. The molecule has 0 saturated carbocycles. The van der Waals surface area contributed by atoms with Crippen molar-refractivity contribution in [3.05, 3.63) is 42.2 Å². The second kappa shape index (κ2) is 4.52. The predicted molar refractivity (Wildman–Crippen MR) is 77.1 cm³/mol. The third-order valence-electron chi connectivity index (χ3n) is 3.33. The van der Waals surface area contributed by atoms with Gasteiger partial charge in [0, 0.05) is 18.7 Å². The first-order valence-electron chi connectivity index (χ1n) is 6.16. The molecule has 102 valence electrons. The Morgan fingerprint density at radius 1 is 1.20 bits per heavy atom. The van der Waals surface area contributed by atoms with Crippen molar-refractivity contribution in [2.45, 2.75) is 0 Å². The quantitative estimate of drug-likeness (QED) is 0.729. The minimum absolute atomic E-state index is 0.294. The second-order valence-electron chi connectivity index (χ2n) is 4.58. The third kappa shape index (κ3) is 1.87. The molecule has 0 unspecified atom stereocenters. The van der Waals surface area contributed by atoms with E-state index in [0.29, 0.717) is 17.0 Å². The molecule has 0 aliphatic heterocycles. The summed E-state index contributed by atoms with van der Waals surface area (Å²) in [6.45, 7) is 0. The van der Waals surface area contributed by atoms with E-state index in [4.69, 9.17) is 10.5 Å². The smallest absolute Gasteiger partial charge is 0.142 e. The summed E-state index contributed by atoms with van der Waals surface area (Å²) >= 11 is 0. The molecule has 0 bridgehead atoms. The highest BCUT2D eigenvalue weighted by atomic mass is 19.1. The number of ether oxygens (including phenoxy) is 1. The van der Waals surface area contributed by atoms with Gasteiger partial charge in [-0.1, -0.05) is 0 Å². The lowest BCUT2D eigenvalue weighted by atomic mass is 10.2. The highest BCUT2D eigenvalue weighted by Gasteiger charge is 2.12. The number of methoxy groups -OCH3 is 1. The molecule has 0 amide bonds. The number of imidazole rings is 1. The molecule has 0 aliphatic rings. The number of rotatable bonds is 2. The lowest BCUT2D eigenvalue weighted by Crippen LogP contribution is -1.96. The van der Waals surface area contributed by atoms with Crippen molar-refractivity contribution in [3.63, 3.8) is 0 Å². The number of benzene rings is 2. The molecular weight excluding hydrogens is 257 g/mol. The SMILES string of the molecule is COc1cc(-c2nc3cc(F)ccc3n2C)ccc1N. The highest BCUT2D eigenvalue weighted by molar-refractivity contribution is 5.81. The van der Waals surface area contributed by atoms with E-state index >= 15 is 0 Å². The Hall–Kier alpha value is -2.56. The van der Waals surface area contributed by atoms with Gasteiger partial charge in [0.05, 0.1) is 23.8 Å². The van der Waals surface area contributed by atoms with Crippen LogP contribution in [0.4, 0.5) is 10.1 Å². The van der Waals surface area contributed by atoms with Gasteiger partial charge >= 0.3 is 0 Å². The molecule has 0 spiro atoms. The number of aromatic nitrogens is 2. The number of nitrogen functional groups attached to an aromatic ring is 1. The number of hydrogen-bond acceptors (Lipinski definition) is 3. The van der Waals surface area contributed by atoms with Crippen LogP contribution in [0.15, 0.2) is 36.4 Å². The van der Waals surface area contributed by atoms with Gasteiger partial charge < -0.3 is 15.0 Å². The van der Waals surface area contributed by atoms with Crippen LogP contribution in [0, 0.1) is 5.82 Å². The van der Waals surface area contributed by atoms with E-state index in [1.165, 1.54) is 12.1 Å². The molecule has 1 aromatic heterocycles. The van der Waals surface area contributed by atoms with Gasteiger partial charge in [0.25, 0.3) is 0 Å². The van der Waals surface area contributed by atoms with Crippen LogP contribution in [0.1, 0.15) is 0 Å². The van der Waals surface area contributed by atoms with Crippen LogP contribution in [0.25, 0.3) is 22.4 Å². The number of nitrogens with two attached hydrogens (primary N) is 1. The number of fused-ring (bicyclic) bond motifs is 1. The first-order chi connectivity index (χ1) is 9.60. The van der Waals surface area contributed by atoms with Crippen LogP contribution >= 0.6 is 0 Å². The predicted octanol–water partition coefficient (Wildman–Crippen LogP) is 2.97. The minimum atomic E-state index is -0.294. The zero-order valence-electron chi connectivity index (χ0n) is 11.2. The van der Waals surface area contributed by atoms with Gasteiger partial charge in [-0.05, 0) is 30.3 Å². The number of hydrogen-bond donors (Lipinski definition) is 1. The Kier molecular flexibility index (Phi) is 2.82. The highest BCUT2D eigenvalue weighted by Crippen LogP contribution is 2.30. The standard InChI is InChI=1S/C15H14FN3O/c1-19-13-6-4-10(16)8-12(13)18-15(19)9-3-5-11(17)14(7-9)20-2/h3-8H,17H2,1-2H3. The molecule has 1 heterocycles. The Morgan fingerprint density at radius 2 is 2.00 bits per heavy atom. The molecule has 4 nitrogen and oxygen atoms in total. The van der Waals surface area contributed by atoms with Crippen LogP contribution in [-0.4, -0.2) is 16.7 Å². The molecule has 2 aromatic carbocycles. The number of aryl methyl sites for hydroxylation is 1. The van der Waals surface area contributed by atoms with Crippen molar-refractivity contribution >= 4 is 16.7 Å². The van der Waals surface area contributed by atoms with Crippen LogP contribution in [0.3, 0.4) is 0 Å². The maximum atomic E-state index is 13.3. The summed E-state index contributed by atoms with van der Waals surface area (Å²) in [6.07, 6.45) is 0. The number of nitrogens with zero attached hydrogens (tertiary/aromatic N) is 2. The van der Waals surface area contributed by atoms with Crippen molar-refractivity contribution in [2.75, 3.05) is 12.8 Å². The molecule has 0 aliphatic carbocycles. The number of halogens is 1. The zero-order valence-corrected chi connectivity index (χ0v) is 11.2. The van der Waals surface area contributed by atoms with Crippen LogP contribution in [0.2, 0.25) is 0 Å². The van der Waals surface area contributed by atoms with Crippen LogP contribution in [0.5, 0.6) is 5.75 Å². The van der Waals surface area contributed by atoms with E-state index in [9.17, 15) is 4.39 Å². The lowest BCUT2D eigenvalue weighted by molar-refractivity contribution is 0.417. The molecule has 5 heteroatoms. The van der Waals surface area contributed by atoms with Crippen LogP contribution in [-0.2, 0) is 7.05 Å². The Balaban J connectivity index is 2.21. The normalized spacial score (nSPS) is 10.9. The van der Waals surface area contributed by atoms with Gasteiger partial charge in [0.1, 0.15) is 17.4 Å². The molecule has 0 atom stereocenters. The van der Waals surface area contributed by atoms with Gasteiger partial charge in [-0.2, -0.15) is 0 Å². The van der Waals surface area contributed by atoms with Gasteiger partial charge in [0.15, 0.2) is 0 Å². The maximum Gasteiger partial charge on any atom is 0.142 e. The van der Waals surface area contributed by atoms with E-state index in [1.54, 1.807) is 19.2 Å². The topological polar surface area (TPSA) is 53.1 Å². The first-order valence-corrected chi connectivity index (χ1v) is 6.16.